The molecule has 0 radical (unpaired) electrons. The summed E-state index contributed by atoms with van der Waals surface area (Å²) in [7, 11) is 0. The highest BCUT2D eigenvalue weighted by atomic mass is 16.5. The fourth-order valence-corrected chi connectivity index (χ4v) is 2.95. The Kier molecular flexibility index (Phi) is 5.23. The Labute approximate surface area is 137 Å². The van der Waals surface area contributed by atoms with Gasteiger partial charge >= 0.3 is 6.01 Å². The zero-order chi connectivity index (χ0) is 16.1. The van der Waals surface area contributed by atoms with Gasteiger partial charge in [0.1, 0.15) is 6.10 Å². The van der Waals surface area contributed by atoms with E-state index in [-0.39, 0.29) is 6.10 Å². The number of ether oxygens (including phenoxy) is 1. The lowest BCUT2D eigenvalue weighted by atomic mass is 10.1. The van der Waals surface area contributed by atoms with E-state index in [1.807, 2.05) is 12.5 Å². The van der Waals surface area contributed by atoms with Gasteiger partial charge in [-0.15, -0.1) is 0 Å². The second-order valence-electron chi connectivity index (χ2n) is 6.56. The molecule has 1 aliphatic rings. The number of aromatic nitrogens is 4. The van der Waals surface area contributed by atoms with Gasteiger partial charge in [0.15, 0.2) is 0 Å². The molecule has 6 nitrogen and oxygen atoms in total. The lowest BCUT2D eigenvalue weighted by Crippen LogP contribution is -2.38. The van der Waals surface area contributed by atoms with Crippen LogP contribution in [0.5, 0.6) is 6.01 Å². The fourth-order valence-electron chi connectivity index (χ4n) is 2.95. The maximum absolute atomic E-state index is 5.85. The number of piperidine rings is 1. The van der Waals surface area contributed by atoms with Crippen molar-refractivity contribution in [3.8, 4) is 6.01 Å². The van der Waals surface area contributed by atoms with E-state index in [0.717, 1.165) is 39.0 Å². The van der Waals surface area contributed by atoms with Crippen LogP contribution in [0, 0.1) is 5.92 Å². The van der Waals surface area contributed by atoms with E-state index < -0.39 is 0 Å². The average Bonchev–Trinajstić information content (AvgIpc) is 2.96. The highest BCUT2D eigenvalue weighted by Crippen LogP contribution is 2.17. The van der Waals surface area contributed by atoms with Crippen LogP contribution in [-0.4, -0.2) is 43.6 Å². The van der Waals surface area contributed by atoms with E-state index in [9.17, 15) is 0 Å². The maximum Gasteiger partial charge on any atom is 0.316 e. The number of hydrogen-bond acceptors (Lipinski definition) is 5. The van der Waals surface area contributed by atoms with Crippen molar-refractivity contribution in [3.63, 3.8) is 0 Å². The minimum Gasteiger partial charge on any atom is -0.460 e. The van der Waals surface area contributed by atoms with Gasteiger partial charge in [0.2, 0.25) is 0 Å². The normalized spacial score (nSPS) is 16.8. The van der Waals surface area contributed by atoms with Gasteiger partial charge in [-0.05, 0) is 24.8 Å². The summed E-state index contributed by atoms with van der Waals surface area (Å²) in [4.78, 5) is 15.0. The van der Waals surface area contributed by atoms with Gasteiger partial charge in [-0.2, -0.15) is 0 Å². The second kappa shape index (κ2) is 7.55. The molecule has 0 aromatic carbocycles. The number of nitrogens with zero attached hydrogens (tertiary/aromatic N) is 5. The van der Waals surface area contributed by atoms with Gasteiger partial charge in [-0.1, -0.05) is 13.8 Å². The molecule has 0 aliphatic carbocycles. The monoisotopic (exact) mass is 315 g/mol. The van der Waals surface area contributed by atoms with Gasteiger partial charge in [0.05, 0.1) is 12.0 Å². The summed E-state index contributed by atoms with van der Waals surface area (Å²) in [6.45, 7) is 8.52. The topological polar surface area (TPSA) is 56.1 Å². The molecule has 0 atom stereocenters. The molecular weight excluding hydrogens is 290 g/mol. The van der Waals surface area contributed by atoms with Crippen LogP contribution < -0.4 is 4.74 Å². The lowest BCUT2D eigenvalue weighted by molar-refractivity contribution is 0.0879. The van der Waals surface area contributed by atoms with E-state index in [0.29, 0.717) is 11.9 Å². The van der Waals surface area contributed by atoms with Crippen molar-refractivity contribution in [2.24, 2.45) is 5.92 Å². The Balaban J connectivity index is 1.49. The number of hydrogen-bond donors (Lipinski definition) is 0. The van der Waals surface area contributed by atoms with E-state index >= 15 is 0 Å². The van der Waals surface area contributed by atoms with Gasteiger partial charge in [0, 0.05) is 44.8 Å². The number of rotatable bonds is 6. The van der Waals surface area contributed by atoms with Crippen LogP contribution in [0.2, 0.25) is 0 Å². The summed E-state index contributed by atoms with van der Waals surface area (Å²) in [5.41, 5.74) is 1.30. The van der Waals surface area contributed by atoms with Crippen molar-refractivity contribution in [3.05, 3.63) is 36.7 Å². The molecule has 6 heteroatoms. The summed E-state index contributed by atoms with van der Waals surface area (Å²) in [5.74, 6) is 0.632. The molecule has 0 spiro atoms. The molecule has 3 heterocycles. The van der Waals surface area contributed by atoms with Crippen molar-refractivity contribution in [2.75, 3.05) is 13.1 Å². The Hall–Kier alpha value is -1.95. The molecule has 0 N–H and O–H groups in total. The molecule has 2 aromatic rings. The summed E-state index contributed by atoms with van der Waals surface area (Å²) >= 11 is 0. The minimum absolute atomic E-state index is 0.217. The quantitative estimate of drug-likeness (QED) is 0.819. The fraction of sp³-hybridized carbons (Fsp3) is 0.588. The lowest BCUT2D eigenvalue weighted by Gasteiger charge is -2.31. The summed E-state index contributed by atoms with van der Waals surface area (Å²) in [5, 5.41) is 0. The van der Waals surface area contributed by atoms with Crippen LogP contribution in [0.3, 0.4) is 0 Å². The van der Waals surface area contributed by atoms with E-state index in [4.69, 9.17) is 4.74 Å². The highest BCUT2D eigenvalue weighted by Gasteiger charge is 2.22. The first-order valence-electron chi connectivity index (χ1n) is 8.35. The van der Waals surface area contributed by atoms with Crippen LogP contribution in [0.25, 0.3) is 0 Å². The first-order chi connectivity index (χ1) is 11.2. The zero-order valence-electron chi connectivity index (χ0n) is 13.9. The molecular formula is C17H25N5O. The van der Waals surface area contributed by atoms with Gasteiger partial charge in [-0.3, -0.25) is 4.90 Å². The Morgan fingerprint density at radius 3 is 2.65 bits per heavy atom. The molecule has 0 amide bonds. The van der Waals surface area contributed by atoms with Crippen LogP contribution in [-0.2, 0) is 13.1 Å². The molecule has 2 aromatic heterocycles. The molecule has 124 valence electrons. The summed E-state index contributed by atoms with van der Waals surface area (Å²) in [6, 6.07) is 2.29. The Bertz CT molecular complexity index is 590. The largest absolute Gasteiger partial charge is 0.460 e. The SMILES string of the molecule is CC(C)Cn1cncc1CN1CCC(Oc2ncccn2)CC1. The molecule has 23 heavy (non-hydrogen) atoms. The highest BCUT2D eigenvalue weighted by molar-refractivity contribution is 4.99. The van der Waals surface area contributed by atoms with Gasteiger partial charge < -0.3 is 9.30 Å². The van der Waals surface area contributed by atoms with Crippen molar-refractivity contribution in [2.45, 2.75) is 45.9 Å². The Morgan fingerprint density at radius 2 is 1.96 bits per heavy atom. The Morgan fingerprint density at radius 1 is 1.22 bits per heavy atom. The second-order valence-corrected chi connectivity index (χ2v) is 6.56. The molecule has 3 rings (SSSR count). The van der Waals surface area contributed by atoms with Crippen LogP contribution >= 0.6 is 0 Å². The summed E-state index contributed by atoms with van der Waals surface area (Å²) in [6.07, 6.45) is 9.60. The van der Waals surface area contributed by atoms with Crippen molar-refractivity contribution in [1.29, 1.82) is 0 Å². The molecule has 1 aliphatic heterocycles. The van der Waals surface area contributed by atoms with E-state index in [1.165, 1.54) is 5.69 Å². The van der Waals surface area contributed by atoms with Gasteiger partial charge in [0.25, 0.3) is 0 Å². The predicted octanol–water partition coefficient (Wildman–Crippen LogP) is 2.37. The van der Waals surface area contributed by atoms with Gasteiger partial charge in [-0.25, -0.2) is 15.0 Å². The number of likely N-dealkylation sites (tertiary alicyclic amines) is 1. The third-order valence-corrected chi connectivity index (χ3v) is 4.09. The third kappa shape index (κ3) is 4.51. The number of imidazole rings is 1. The van der Waals surface area contributed by atoms with Crippen LogP contribution in [0.15, 0.2) is 31.0 Å². The maximum atomic E-state index is 5.85. The van der Waals surface area contributed by atoms with Crippen molar-refractivity contribution < 1.29 is 4.74 Å². The van der Waals surface area contributed by atoms with Crippen LogP contribution in [0.1, 0.15) is 32.4 Å². The zero-order valence-corrected chi connectivity index (χ0v) is 13.9. The van der Waals surface area contributed by atoms with E-state index in [1.54, 1.807) is 18.5 Å². The van der Waals surface area contributed by atoms with Crippen LogP contribution in [0.4, 0.5) is 0 Å². The molecule has 0 unspecified atom stereocenters. The van der Waals surface area contributed by atoms with Crippen molar-refractivity contribution >= 4 is 0 Å². The first kappa shape index (κ1) is 15.9. The minimum atomic E-state index is 0.217. The van der Waals surface area contributed by atoms with Crippen molar-refractivity contribution in [1.82, 2.24) is 24.4 Å². The third-order valence-electron chi connectivity index (χ3n) is 4.09. The smallest absolute Gasteiger partial charge is 0.316 e. The first-order valence-corrected chi connectivity index (χ1v) is 8.35. The molecule has 0 bridgehead atoms. The summed E-state index contributed by atoms with van der Waals surface area (Å²) < 4.78 is 8.12. The predicted molar refractivity (Wildman–Crippen MR) is 88.0 cm³/mol. The molecule has 1 saturated heterocycles. The molecule has 0 saturated carbocycles. The average molecular weight is 315 g/mol. The molecule has 1 fully saturated rings. The standard InChI is InChI=1S/C17H25N5O/c1-14(2)11-22-13-18-10-15(22)12-21-8-4-16(5-9-21)23-17-19-6-3-7-20-17/h3,6-7,10,13-14,16H,4-5,8-9,11-12H2,1-2H3. The van der Waals surface area contributed by atoms with E-state index in [2.05, 4.69) is 38.3 Å².